The van der Waals surface area contributed by atoms with Gasteiger partial charge in [-0.15, -0.1) is 0 Å². The second kappa shape index (κ2) is 8.28. The van der Waals surface area contributed by atoms with Crippen LogP contribution in [0.3, 0.4) is 0 Å². The Morgan fingerprint density at radius 1 is 1.00 bits per heavy atom. The first-order chi connectivity index (χ1) is 9.46. The van der Waals surface area contributed by atoms with Gasteiger partial charge in [0.25, 0.3) is 0 Å². The number of ketones is 1. The first-order valence-electron chi connectivity index (χ1n) is 7.23. The zero-order valence-electron chi connectivity index (χ0n) is 14.2. The van der Waals surface area contributed by atoms with Gasteiger partial charge in [-0.2, -0.15) is 0 Å². The van der Waals surface area contributed by atoms with Crippen molar-refractivity contribution in [3.63, 3.8) is 0 Å². The molecule has 1 aliphatic carbocycles. The minimum absolute atomic E-state index is 0. The molecule has 0 N–H and O–H groups in total. The fourth-order valence-electron chi connectivity index (χ4n) is 2.17. The maximum absolute atomic E-state index is 12.7. The van der Waals surface area contributed by atoms with E-state index >= 15 is 0 Å². The van der Waals surface area contributed by atoms with Crippen LogP contribution < -0.4 is 0 Å². The Morgan fingerprint density at radius 2 is 1.39 bits per heavy atom. The lowest BCUT2D eigenvalue weighted by Crippen LogP contribution is -2.27. The van der Waals surface area contributed by atoms with Crippen LogP contribution in [0.15, 0.2) is 34.9 Å². The van der Waals surface area contributed by atoms with Crippen molar-refractivity contribution >= 4 is 11.8 Å². The molecule has 0 amide bonds. The van der Waals surface area contributed by atoms with Crippen LogP contribution in [0.1, 0.15) is 62.8 Å². The van der Waals surface area contributed by atoms with E-state index in [0.29, 0.717) is 0 Å². The highest BCUT2D eigenvalue weighted by Crippen LogP contribution is 2.38. The normalized spacial score (nSPS) is 14.9. The molecule has 0 unspecified atom stereocenters. The third-order valence-corrected chi connectivity index (χ3v) is 3.46. The van der Waals surface area contributed by atoms with Crippen LogP contribution in [0, 0.1) is 10.8 Å². The lowest BCUT2D eigenvalue weighted by atomic mass is 9.72. The van der Waals surface area contributed by atoms with E-state index in [1.54, 1.807) is 0 Å². The molecule has 0 aromatic heterocycles. The SMILES string of the molecule is C.C.COC(=O)CC=C1C=C(C(C)(C)C)C(=O)C(C(C)(C)C)=C1. The van der Waals surface area contributed by atoms with Crippen LogP contribution >= 0.6 is 0 Å². The van der Waals surface area contributed by atoms with Crippen molar-refractivity contribution in [2.45, 2.75) is 62.8 Å². The first-order valence-corrected chi connectivity index (χ1v) is 7.23. The van der Waals surface area contributed by atoms with Crippen LogP contribution in [-0.2, 0) is 14.3 Å². The van der Waals surface area contributed by atoms with Gasteiger partial charge in [0.15, 0.2) is 5.78 Å². The van der Waals surface area contributed by atoms with Crippen LogP contribution in [0.2, 0.25) is 0 Å². The minimum atomic E-state index is -0.282. The van der Waals surface area contributed by atoms with Crippen LogP contribution in [-0.4, -0.2) is 18.9 Å². The third-order valence-electron chi connectivity index (χ3n) is 3.46. The van der Waals surface area contributed by atoms with E-state index in [1.165, 1.54) is 7.11 Å². The molecule has 132 valence electrons. The summed E-state index contributed by atoms with van der Waals surface area (Å²) in [5.74, 6) is -0.180. The summed E-state index contributed by atoms with van der Waals surface area (Å²) < 4.78 is 4.66. The van der Waals surface area contributed by atoms with Crippen molar-refractivity contribution < 1.29 is 14.3 Å². The number of Topliss-reactive ketones (excluding diaryl/α,β-unsaturated/α-hetero) is 1. The predicted molar refractivity (Wildman–Crippen MR) is 98.3 cm³/mol. The molecule has 1 rings (SSSR count). The predicted octanol–water partition coefficient (Wildman–Crippen LogP) is 5.28. The van der Waals surface area contributed by atoms with Crippen LogP contribution in [0.25, 0.3) is 0 Å². The van der Waals surface area contributed by atoms with Gasteiger partial charge in [0, 0.05) is 11.1 Å². The summed E-state index contributed by atoms with van der Waals surface area (Å²) in [5, 5.41) is 0. The molecule has 0 aromatic carbocycles. The number of methoxy groups -OCH3 is 1. The van der Waals surface area contributed by atoms with Crippen LogP contribution in [0.4, 0.5) is 0 Å². The van der Waals surface area contributed by atoms with Crippen molar-refractivity contribution in [2.75, 3.05) is 7.11 Å². The van der Waals surface area contributed by atoms with E-state index in [-0.39, 0.29) is 43.9 Å². The van der Waals surface area contributed by atoms with Gasteiger partial charge in [0.05, 0.1) is 13.5 Å². The number of ether oxygens (including phenoxy) is 1. The zero-order valence-corrected chi connectivity index (χ0v) is 14.2. The lowest BCUT2D eigenvalue weighted by molar-refractivity contribution is -0.139. The van der Waals surface area contributed by atoms with E-state index in [4.69, 9.17) is 0 Å². The van der Waals surface area contributed by atoms with Gasteiger partial charge in [-0.25, -0.2) is 0 Å². The molecule has 0 saturated carbocycles. The minimum Gasteiger partial charge on any atom is -0.469 e. The Kier molecular flexibility index (Phi) is 8.50. The molecule has 0 heterocycles. The highest BCUT2D eigenvalue weighted by molar-refractivity contribution is 6.11. The highest BCUT2D eigenvalue weighted by atomic mass is 16.5. The number of allylic oxidation sites excluding steroid dienone is 5. The molecule has 0 saturated heterocycles. The molecule has 0 aromatic rings. The Morgan fingerprint density at radius 3 is 1.70 bits per heavy atom. The molecule has 0 fully saturated rings. The molecule has 23 heavy (non-hydrogen) atoms. The number of hydrogen-bond donors (Lipinski definition) is 0. The Hall–Kier alpha value is -1.64. The van der Waals surface area contributed by atoms with Crippen molar-refractivity contribution in [1.29, 1.82) is 0 Å². The topological polar surface area (TPSA) is 43.4 Å². The average Bonchev–Trinajstić information content (AvgIpc) is 2.34. The Labute approximate surface area is 142 Å². The second-order valence-corrected chi connectivity index (χ2v) is 7.43. The molecule has 1 aliphatic rings. The van der Waals surface area contributed by atoms with E-state index in [1.807, 2.05) is 59.8 Å². The fourth-order valence-corrected chi connectivity index (χ4v) is 2.17. The quantitative estimate of drug-likeness (QED) is 0.650. The number of carbonyl (C=O) groups is 2. The van der Waals surface area contributed by atoms with Gasteiger partial charge in [0.2, 0.25) is 0 Å². The summed E-state index contributed by atoms with van der Waals surface area (Å²) in [7, 11) is 1.37. The standard InChI is InChI=1S/C18H26O3.2CH4/c1-17(2,3)13-10-12(8-9-15(19)21-7)11-14(16(13)20)18(4,5)6;;/h8,10-11H,9H2,1-7H3;2*1H4. The first kappa shape index (κ1) is 23.6. The maximum Gasteiger partial charge on any atom is 0.309 e. The van der Waals surface area contributed by atoms with Gasteiger partial charge in [-0.3, -0.25) is 9.59 Å². The van der Waals surface area contributed by atoms with Crippen molar-refractivity contribution in [1.82, 2.24) is 0 Å². The summed E-state index contributed by atoms with van der Waals surface area (Å²) in [5.41, 5.74) is 2.00. The van der Waals surface area contributed by atoms with Crippen molar-refractivity contribution in [2.24, 2.45) is 10.8 Å². The number of carbonyl (C=O) groups excluding carboxylic acids is 2. The van der Waals surface area contributed by atoms with Gasteiger partial charge >= 0.3 is 5.97 Å². The van der Waals surface area contributed by atoms with Gasteiger partial charge in [-0.05, 0) is 28.6 Å². The van der Waals surface area contributed by atoms with Gasteiger partial charge in [0.1, 0.15) is 0 Å². The molecular formula is C20H34O3. The van der Waals surface area contributed by atoms with Crippen molar-refractivity contribution in [3.05, 3.63) is 34.9 Å². The monoisotopic (exact) mass is 322 g/mol. The maximum atomic E-state index is 12.7. The molecule has 3 heteroatoms. The van der Waals surface area contributed by atoms with E-state index in [9.17, 15) is 9.59 Å². The Balaban J connectivity index is 0. The number of rotatable bonds is 2. The molecule has 0 atom stereocenters. The smallest absolute Gasteiger partial charge is 0.309 e. The molecule has 0 spiro atoms. The molecule has 0 radical (unpaired) electrons. The number of esters is 1. The summed E-state index contributed by atoms with van der Waals surface area (Å²) in [6.07, 6.45) is 5.80. The lowest BCUT2D eigenvalue weighted by Gasteiger charge is -2.31. The second-order valence-electron chi connectivity index (χ2n) is 7.43. The summed E-state index contributed by atoms with van der Waals surface area (Å²) in [6, 6.07) is 0. The average molecular weight is 322 g/mol. The largest absolute Gasteiger partial charge is 0.469 e. The fraction of sp³-hybridized carbons (Fsp3) is 0.600. The molecule has 0 aliphatic heterocycles. The van der Waals surface area contributed by atoms with E-state index in [0.717, 1.165) is 16.7 Å². The third kappa shape index (κ3) is 6.17. The molecule has 3 nitrogen and oxygen atoms in total. The highest BCUT2D eigenvalue weighted by Gasteiger charge is 2.33. The summed E-state index contributed by atoms with van der Waals surface area (Å²) >= 11 is 0. The Bertz CT molecular complexity index is 496. The van der Waals surface area contributed by atoms with Crippen molar-refractivity contribution in [3.8, 4) is 0 Å². The van der Waals surface area contributed by atoms with E-state index < -0.39 is 0 Å². The van der Waals surface area contributed by atoms with Crippen LogP contribution in [0.5, 0.6) is 0 Å². The molecule has 0 bridgehead atoms. The zero-order chi connectivity index (χ0) is 16.4. The number of hydrogen-bond acceptors (Lipinski definition) is 3. The summed E-state index contributed by atoms with van der Waals surface area (Å²) in [4.78, 5) is 24.0. The van der Waals surface area contributed by atoms with Gasteiger partial charge < -0.3 is 4.74 Å². The van der Waals surface area contributed by atoms with Gasteiger partial charge in [-0.1, -0.05) is 62.5 Å². The summed E-state index contributed by atoms with van der Waals surface area (Å²) in [6.45, 7) is 12.2. The van der Waals surface area contributed by atoms with E-state index in [2.05, 4.69) is 4.74 Å². The molecular weight excluding hydrogens is 288 g/mol.